The van der Waals surface area contributed by atoms with Gasteiger partial charge >= 0.3 is 0 Å². The highest BCUT2D eigenvalue weighted by molar-refractivity contribution is 6.30. The molecule has 5 heteroatoms. The zero-order valence-corrected chi connectivity index (χ0v) is 10.0. The predicted octanol–water partition coefficient (Wildman–Crippen LogP) is 1.20. The molecule has 0 unspecified atom stereocenters. The maximum absolute atomic E-state index is 11.7. The minimum absolute atomic E-state index is 0.223. The molecule has 0 spiro atoms. The van der Waals surface area contributed by atoms with Crippen molar-refractivity contribution in [3.63, 3.8) is 0 Å². The zero-order chi connectivity index (χ0) is 12.1. The summed E-state index contributed by atoms with van der Waals surface area (Å²) in [6.07, 6.45) is 0. The van der Waals surface area contributed by atoms with Crippen LogP contribution in [0.25, 0.3) is 0 Å². The number of hydrogen-bond acceptors (Lipinski definition) is 3. The maximum atomic E-state index is 11.7. The summed E-state index contributed by atoms with van der Waals surface area (Å²) in [4.78, 5) is 13.4. The van der Waals surface area contributed by atoms with E-state index >= 15 is 0 Å². The molecular formula is C11H15ClN2O2. The second-order valence-corrected chi connectivity index (χ2v) is 4.10. The van der Waals surface area contributed by atoms with Crippen molar-refractivity contribution in [1.82, 2.24) is 4.90 Å². The van der Waals surface area contributed by atoms with Crippen LogP contribution >= 0.6 is 11.6 Å². The molecule has 0 bridgehead atoms. The van der Waals surface area contributed by atoms with E-state index in [2.05, 4.69) is 5.32 Å². The lowest BCUT2D eigenvalue weighted by Crippen LogP contribution is -2.42. The van der Waals surface area contributed by atoms with E-state index in [0.717, 1.165) is 0 Å². The van der Waals surface area contributed by atoms with Gasteiger partial charge in [-0.1, -0.05) is 17.7 Å². The van der Waals surface area contributed by atoms with Gasteiger partial charge in [-0.3, -0.25) is 9.69 Å². The highest BCUT2D eigenvalue weighted by Crippen LogP contribution is 2.15. The minimum atomic E-state index is -0.556. The second kappa shape index (κ2) is 5.84. The molecule has 0 saturated carbocycles. The lowest BCUT2D eigenvalue weighted by molar-refractivity contribution is -0.121. The van der Waals surface area contributed by atoms with Crippen LogP contribution in [0.15, 0.2) is 24.3 Å². The molecule has 16 heavy (non-hydrogen) atoms. The van der Waals surface area contributed by atoms with Gasteiger partial charge in [-0.05, 0) is 32.3 Å². The molecule has 4 nitrogen and oxygen atoms in total. The predicted molar refractivity (Wildman–Crippen MR) is 64.6 cm³/mol. The summed E-state index contributed by atoms with van der Waals surface area (Å²) in [5.74, 6) is -0.255. The first-order chi connectivity index (χ1) is 7.54. The second-order valence-electron chi connectivity index (χ2n) is 3.66. The number of aliphatic hydroxyl groups is 1. The molecule has 1 aromatic carbocycles. The van der Waals surface area contributed by atoms with Crippen molar-refractivity contribution < 1.29 is 9.90 Å². The number of carbonyl (C=O) groups excluding carboxylic acids is 1. The molecule has 0 fully saturated rings. The topological polar surface area (TPSA) is 52.6 Å². The Morgan fingerprint density at radius 3 is 2.75 bits per heavy atom. The Morgan fingerprint density at radius 2 is 2.25 bits per heavy atom. The van der Waals surface area contributed by atoms with Crippen LogP contribution in [0.5, 0.6) is 0 Å². The molecule has 2 N–H and O–H groups in total. The van der Waals surface area contributed by atoms with Crippen LogP contribution in [-0.2, 0) is 4.79 Å². The Balaban J connectivity index is 2.70. The molecule has 1 atom stereocenters. The quantitative estimate of drug-likeness (QED) is 0.834. The van der Waals surface area contributed by atoms with Crippen LogP contribution in [0.3, 0.4) is 0 Å². The number of likely N-dealkylation sites (N-methyl/N-ethyl adjacent to an activating group) is 1. The molecule has 88 valence electrons. The van der Waals surface area contributed by atoms with Gasteiger partial charge in [-0.15, -0.1) is 0 Å². The summed E-state index contributed by atoms with van der Waals surface area (Å²) in [5.41, 5.74) is 0.623. The van der Waals surface area contributed by atoms with Gasteiger partial charge in [0.1, 0.15) is 6.04 Å². The highest BCUT2D eigenvalue weighted by atomic mass is 35.5. The molecule has 0 saturated heterocycles. The summed E-state index contributed by atoms with van der Waals surface area (Å²) in [6.45, 7) is -0.223. The van der Waals surface area contributed by atoms with E-state index < -0.39 is 6.04 Å². The first-order valence-corrected chi connectivity index (χ1v) is 5.26. The number of aliphatic hydroxyl groups excluding tert-OH is 1. The van der Waals surface area contributed by atoms with Gasteiger partial charge in [0.25, 0.3) is 0 Å². The minimum Gasteiger partial charge on any atom is -0.394 e. The lowest BCUT2D eigenvalue weighted by atomic mass is 10.2. The third-order valence-corrected chi connectivity index (χ3v) is 2.43. The Bertz CT molecular complexity index is 369. The molecule has 0 aliphatic heterocycles. The summed E-state index contributed by atoms with van der Waals surface area (Å²) in [7, 11) is 3.47. The van der Waals surface area contributed by atoms with Gasteiger partial charge in [0.15, 0.2) is 0 Å². The number of hydrogen-bond donors (Lipinski definition) is 2. The number of anilines is 1. The van der Waals surface area contributed by atoms with Crippen molar-refractivity contribution in [2.24, 2.45) is 0 Å². The standard InChI is InChI=1S/C11H15ClN2O2/c1-14(2)10(7-15)11(16)13-9-5-3-4-8(12)6-9/h3-6,10,15H,7H2,1-2H3,(H,13,16)/t10-/m1/s1. The fraction of sp³-hybridized carbons (Fsp3) is 0.364. The smallest absolute Gasteiger partial charge is 0.244 e. The van der Waals surface area contributed by atoms with Crippen molar-refractivity contribution in [2.75, 3.05) is 26.0 Å². The number of carbonyl (C=O) groups is 1. The van der Waals surface area contributed by atoms with Crippen LogP contribution in [0.4, 0.5) is 5.69 Å². The van der Waals surface area contributed by atoms with E-state index in [-0.39, 0.29) is 12.5 Å². The van der Waals surface area contributed by atoms with E-state index in [1.807, 2.05) is 0 Å². The molecule has 1 rings (SSSR count). The summed E-state index contributed by atoms with van der Waals surface area (Å²) in [5, 5.41) is 12.3. The zero-order valence-electron chi connectivity index (χ0n) is 9.27. The number of nitrogens with one attached hydrogen (secondary N) is 1. The Kier molecular flexibility index (Phi) is 4.73. The third kappa shape index (κ3) is 3.48. The van der Waals surface area contributed by atoms with Crippen LogP contribution in [-0.4, -0.2) is 42.7 Å². The van der Waals surface area contributed by atoms with Crippen molar-refractivity contribution in [1.29, 1.82) is 0 Å². The number of benzene rings is 1. The average Bonchev–Trinajstić information content (AvgIpc) is 2.17. The number of rotatable bonds is 4. The fourth-order valence-electron chi connectivity index (χ4n) is 1.27. The van der Waals surface area contributed by atoms with Crippen molar-refractivity contribution in [3.8, 4) is 0 Å². The van der Waals surface area contributed by atoms with E-state index in [1.54, 1.807) is 43.3 Å². The van der Waals surface area contributed by atoms with Crippen molar-refractivity contribution in [3.05, 3.63) is 29.3 Å². The Hall–Kier alpha value is -1.10. The molecule has 0 aromatic heterocycles. The van der Waals surface area contributed by atoms with E-state index in [9.17, 15) is 4.79 Å². The number of amides is 1. The fourth-order valence-corrected chi connectivity index (χ4v) is 1.46. The first-order valence-electron chi connectivity index (χ1n) is 4.88. The first kappa shape index (κ1) is 13.0. The van der Waals surface area contributed by atoms with Crippen LogP contribution in [0.2, 0.25) is 5.02 Å². The SMILES string of the molecule is CN(C)[C@H](CO)C(=O)Nc1cccc(Cl)c1. The molecule has 0 heterocycles. The van der Waals surface area contributed by atoms with Gasteiger partial charge in [0.05, 0.1) is 6.61 Å². The summed E-state index contributed by atoms with van der Waals surface area (Å²) < 4.78 is 0. The molecule has 0 radical (unpaired) electrons. The normalized spacial score (nSPS) is 12.6. The van der Waals surface area contributed by atoms with Gasteiger partial charge in [0, 0.05) is 10.7 Å². The van der Waals surface area contributed by atoms with E-state index in [1.165, 1.54) is 0 Å². The highest BCUT2D eigenvalue weighted by Gasteiger charge is 2.19. The average molecular weight is 243 g/mol. The van der Waals surface area contributed by atoms with E-state index in [4.69, 9.17) is 16.7 Å². The van der Waals surface area contributed by atoms with Gasteiger partial charge in [-0.2, -0.15) is 0 Å². The lowest BCUT2D eigenvalue weighted by Gasteiger charge is -2.21. The summed E-state index contributed by atoms with van der Waals surface area (Å²) in [6, 6.07) is 6.32. The van der Waals surface area contributed by atoms with Gasteiger partial charge in [-0.25, -0.2) is 0 Å². The maximum Gasteiger partial charge on any atom is 0.244 e. The van der Waals surface area contributed by atoms with Crippen LogP contribution in [0.1, 0.15) is 0 Å². The third-order valence-electron chi connectivity index (χ3n) is 2.19. The molecule has 0 aliphatic carbocycles. The molecular weight excluding hydrogens is 228 g/mol. The number of nitrogens with zero attached hydrogens (tertiary/aromatic N) is 1. The Labute approximate surface area is 99.8 Å². The number of halogens is 1. The van der Waals surface area contributed by atoms with Crippen LogP contribution in [0, 0.1) is 0 Å². The van der Waals surface area contributed by atoms with E-state index in [0.29, 0.717) is 10.7 Å². The largest absolute Gasteiger partial charge is 0.394 e. The summed E-state index contributed by atoms with van der Waals surface area (Å²) >= 11 is 5.79. The molecule has 1 amide bonds. The van der Waals surface area contributed by atoms with Crippen molar-refractivity contribution >= 4 is 23.2 Å². The molecule has 1 aromatic rings. The van der Waals surface area contributed by atoms with Gasteiger partial charge < -0.3 is 10.4 Å². The van der Waals surface area contributed by atoms with Gasteiger partial charge in [0.2, 0.25) is 5.91 Å². The van der Waals surface area contributed by atoms with Crippen LogP contribution < -0.4 is 5.32 Å². The van der Waals surface area contributed by atoms with Crippen molar-refractivity contribution in [2.45, 2.75) is 6.04 Å². The molecule has 0 aliphatic rings. The Morgan fingerprint density at radius 1 is 1.56 bits per heavy atom. The monoisotopic (exact) mass is 242 g/mol.